The van der Waals surface area contributed by atoms with Crippen LogP contribution in [-0.4, -0.2) is 69.4 Å². The fraction of sp³-hybridized carbons (Fsp3) is 0.333. The molecule has 1 aliphatic heterocycles. The van der Waals surface area contributed by atoms with Crippen molar-refractivity contribution in [1.29, 1.82) is 5.41 Å². The molecule has 2 aromatic rings. The summed E-state index contributed by atoms with van der Waals surface area (Å²) in [6.07, 6.45) is 7.42. The molecule has 1 aliphatic carbocycles. The Labute approximate surface area is 216 Å². The topological polar surface area (TPSA) is 139 Å². The SMILES string of the molecule is CCC12CC=C(N(C=O)c3ccccn3)C=C1N(C(C)C(=O)O)C(CNc1ccc(C(=N)N)cc1)N2C. The third kappa shape index (κ3) is 4.67. The minimum Gasteiger partial charge on any atom is -0.480 e. The van der Waals surface area contributed by atoms with Gasteiger partial charge in [-0.05, 0) is 69.3 Å². The monoisotopic (exact) mass is 503 g/mol. The van der Waals surface area contributed by atoms with E-state index in [-0.39, 0.29) is 12.0 Å². The fourth-order valence-corrected chi connectivity index (χ4v) is 5.27. The lowest BCUT2D eigenvalue weighted by molar-refractivity contribution is -0.142. The maximum Gasteiger partial charge on any atom is 0.326 e. The number of amidine groups is 1. The third-order valence-electron chi connectivity index (χ3n) is 7.46. The summed E-state index contributed by atoms with van der Waals surface area (Å²) >= 11 is 0. The number of carboxylic acid groups (broad SMARTS) is 1. The van der Waals surface area contributed by atoms with Gasteiger partial charge >= 0.3 is 5.97 Å². The number of allylic oxidation sites excluding steroid dienone is 1. The van der Waals surface area contributed by atoms with Gasteiger partial charge in [0.25, 0.3) is 0 Å². The highest BCUT2D eigenvalue weighted by Gasteiger charge is 2.54. The molecule has 37 heavy (non-hydrogen) atoms. The number of hydrogen-bond donors (Lipinski definition) is 4. The van der Waals surface area contributed by atoms with E-state index in [2.05, 4.69) is 22.1 Å². The van der Waals surface area contributed by atoms with Crippen molar-refractivity contribution in [2.45, 2.75) is 44.4 Å². The first-order chi connectivity index (χ1) is 17.7. The van der Waals surface area contributed by atoms with Crippen LogP contribution in [0.1, 0.15) is 32.3 Å². The van der Waals surface area contributed by atoms with Crippen LogP contribution in [0.15, 0.2) is 72.2 Å². The molecular formula is C27H33N7O3. The second-order valence-corrected chi connectivity index (χ2v) is 9.30. The fourth-order valence-electron chi connectivity index (χ4n) is 5.27. The van der Waals surface area contributed by atoms with Crippen molar-refractivity contribution in [1.82, 2.24) is 14.8 Å². The molecule has 4 rings (SSSR count). The summed E-state index contributed by atoms with van der Waals surface area (Å²) in [5, 5.41) is 21.0. The van der Waals surface area contributed by atoms with E-state index in [9.17, 15) is 14.7 Å². The van der Waals surface area contributed by atoms with Crippen LogP contribution < -0.4 is 16.0 Å². The molecule has 3 unspecified atom stereocenters. The Balaban J connectivity index is 1.69. The van der Waals surface area contributed by atoms with Gasteiger partial charge in [-0.25, -0.2) is 9.78 Å². The third-order valence-corrected chi connectivity index (χ3v) is 7.46. The molecule has 3 atom stereocenters. The standard InChI is InChI=1S/C27H33N7O3/c1-4-27-13-12-21(33(17-35)23-7-5-6-14-30-23)15-22(27)34(18(2)26(36)37)24(32(27)3)16-31-20-10-8-19(9-11-20)25(28)29/h5-12,14-15,17-18,24,31H,4,13,16H2,1-3H3,(H3,28,29)(H,36,37). The quantitative estimate of drug-likeness (QED) is 0.221. The number of likely N-dealkylation sites (N-methyl/N-ethyl adjacent to an activating group) is 1. The Morgan fingerprint density at radius 3 is 2.65 bits per heavy atom. The summed E-state index contributed by atoms with van der Waals surface area (Å²) in [4.78, 5) is 34.3. The van der Waals surface area contributed by atoms with Gasteiger partial charge < -0.3 is 21.1 Å². The number of aromatic nitrogens is 1. The molecule has 0 spiro atoms. The molecule has 5 N–H and O–H groups in total. The number of nitrogens with one attached hydrogen (secondary N) is 2. The minimum absolute atomic E-state index is 0.00260. The lowest BCUT2D eigenvalue weighted by atomic mass is 9.83. The van der Waals surface area contributed by atoms with E-state index in [0.717, 1.165) is 24.2 Å². The number of amides is 1. The molecule has 0 bridgehead atoms. The van der Waals surface area contributed by atoms with Gasteiger partial charge in [-0.15, -0.1) is 0 Å². The minimum atomic E-state index is -0.926. The number of nitrogens with zero attached hydrogens (tertiary/aromatic N) is 4. The number of benzene rings is 1. The Kier molecular flexibility index (Phi) is 7.30. The van der Waals surface area contributed by atoms with E-state index < -0.39 is 17.6 Å². The van der Waals surface area contributed by atoms with E-state index in [4.69, 9.17) is 11.1 Å². The predicted molar refractivity (Wildman–Crippen MR) is 143 cm³/mol. The van der Waals surface area contributed by atoms with Crippen LogP contribution in [0.5, 0.6) is 0 Å². The molecule has 0 radical (unpaired) electrons. The van der Waals surface area contributed by atoms with Crippen LogP contribution in [0, 0.1) is 5.41 Å². The summed E-state index contributed by atoms with van der Waals surface area (Å²) in [5.74, 6) is -0.422. The molecule has 10 heteroatoms. The Morgan fingerprint density at radius 2 is 2.08 bits per heavy atom. The summed E-state index contributed by atoms with van der Waals surface area (Å²) < 4.78 is 0. The number of carbonyl (C=O) groups excluding carboxylic acids is 1. The number of carbonyl (C=O) groups is 2. The van der Waals surface area contributed by atoms with Crippen LogP contribution in [0.2, 0.25) is 0 Å². The maximum absolute atomic E-state index is 12.2. The van der Waals surface area contributed by atoms with Crippen LogP contribution in [-0.2, 0) is 9.59 Å². The molecular weight excluding hydrogens is 470 g/mol. The van der Waals surface area contributed by atoms with Crippen molar-refractivity contribution < 1.29 is 14.7 Å². The Bertz CT molecular complexity index is 1230. The molecule has 1 amide bonds. The summed E-state index contributed by atoms with van der Waals surface area (Å²) in [7, 11) is 2.02. The molecule has 1 aromatic heterocycles. The predicted octanol–water partition coefficient (Wildman–Crippen LogP) is 2.81. The zero-order valence-corrected chi connectivity index (χ0v) is 21.3. The number of hydrogen-bond acceptors (Lipinski definition) is 7. The number of rotatable bonds is 10. The Hall–Kier alpha value is -4.18. The van der Waals surface area contributed by atoms with Crippen molar-refractivity contribution in [2.75, 3.05) is 23.8 Å². The summed E-state index contributed by atoms with van der Waals surface area (Å²) in [5.41, 5.74) is 8.16. The number of nitrogens with two attached hydrogens (primary N) is 1. The number of anilines is 2. The van der Waals surface area contributed by atoms with E-state index in [1.54, 1.807) is 37.4 Å². The number of aliphatic carboxylic acids is 1. The molecule has 194 valence electrons. The van der Waals surface area contributed by atoms with E-state index in [1.165, 1.54) is 4.90 Å². The van der Waals surface area contributed by atoms with Gasteiger partial charge in [-0.1, -0.05) is 19.1 Å². The smallest absolute Gasteiger partial charge is 0.326 e. The first-order valence-electron chi connectivity index (χ1n) is 12.2. The van der Waals surface area contributed by atoms with Crippen LogP contribution in [0.25, 0.3) is 0 Å². The van der Waals surface area contributed by atoms with Crippen LogP contribution >= 0.6 is 0 Å². The van der Waals surface area contributed by atoms with Gasteiger partial charge in [0.15, 0.2) is 0 Å². The normalized spacial score (nSPS) is 21.9. The van der Waals surface area contributed by atoms with Crippen molar-refractivity contribution in [3.05, 3.63) is 77.8 Å². The number of carboxylic acids is 1. The molecule has 2 aliphatic rings. The zero-order chi connectivity index (χ0) is 26.7. The number of nitrogen functional groups attached to an aromatic ring is 1. The van der Waals surface area contributed by atoms with Crippen molar-refractivity contribution in [3.63, 3.8) is 0 Å². The van der Waals surface area contributed by atoms with Gasteiger partial charge in [0.2, 0.25) is 6.41 Å². The van der Waals surface area contributed by atoms with Gasteiger partial charge in [0.05, 0.1) is 5.54 Å². The van der Waals surface area contributed by atoms with E-state index in [0.29, 0.717) is 30.0 Å². The highest BCUT2D eigenvalue weighted by atomic mass is 16.4. The number of pyridine rings is 1. The first kappa shape index (κ1) is 25.9. The molecule has 2 heterocycles. The lowest BCUT2D eigenvalue weighted by Crippen LogP contribution is -2.50. The molecule has 1 aromatic carbocycles. The second kappa shape index (κ2) is 10.4. The van der Waals surface area contributed by atoms with Gasteiger partial charge in [0.1, 0.15) is 23.9 Å². The summed E-state index contributed by atoms with van der Waals surface area (Å²) in [6, 6.07) is 11.8. The average Bonchev–Trinajstić information content (AvgIpc) is 3.15. The summed E-state index contributed by atoms with van der Waals surface area (Å²) in [6.45, 7) is 4.24. The van der Waals surface area contributed by atoms with Gasteiger partial charge in [0, 0.05) is 35.4 Å². The highest BCUT2D eigenvalue weighted by molar-refractivity contribution is 5.95. The zero-order valence-electron chi connectivity index (χ0n) is 21.3. The second-order valence-electron chi connectivity index (χ2n) is 9.30. The molecule has 10 nitrogen and oxygen atoms in total. The van der Waals surface area contributed by atoms with Gasteiger partial charge in [-0.2, -0.15) is 0 Å². The van der Waals surface area contributed by atoms with E-state index in [1.807, 2.05) is 42.3 Å². The van der Waals surface area contributed by atoms with Crippen molar-refractivity contribution in [2.24, 2.45) is 5.73 Å². The first-order valence-corrected chi connectivity index (χ1v) is 12.2. The lowest BCUT2D eigenvalue weighted by Gasteiger charge is -2.39. The average molecular weight is 504 g/mol. The number of fused-ring (bicyclic) bond motifs is 1. The molecule has 1 fully saturated rings. The largest absolute Gasteiger partial charge is 0.480 e. The maximum atomic E-state index is 12.2. The van der Waals surface area contributed by atoms with Crippen LogP contribution in [0.3, 0.4) is 0 Å². The molecule has 1 saturated heterocycles. The van der Waals surface area contributed by atoms with Crippen molar-refractivity contribution in [3.8, 4) is 0 Å². The van der Waals surface area contributed by atoms with Crippen molar-refractivity contribution >= 4 is 29.7 Å². The Morgan fingerprint density at radius 1 is 1.35 bits per heavy atom. The van der Waals surface area contributed by atoms with Crippen LogP contribution in [0.4, 0.5) is 11.5 Å². The molecule has 0 saturated carbocycles. The highest BCUT2D eigenvalue weighted by Crippen LogP contribution is 2.47. The van der Waals surface area contributed by atoms with Gasteiger partial charge in [-0.3, -0.25) is 20.0 Å². The van der Waals surface area contributed by atoms with E-state index >= 15 is 0 Å².